The van der Waals surface area contributed by atoms with Crippen molar-refractivity contribution in [3.63, 3.8) is 0 Å². The molecule has 0 amide bonds. The topological polar surface area (TPSA) is 59.3 Å². The van der Waals surface area contributed by atoms with Crippen molar-refractivity contribution in [2.75, 3.05) is 5.32 Å². The highest BCUT2D eigenvalue weighted by molar-refractivity contribution is 6.10. The Balaban J connectivity index is 2.04. The lowest BCUT2D eigenvalue weighted by atomic mass is 10.1. The minimum absolute atomic E-state index is 0.485. The first kappa shape index (κ1) is 11.6. The Labute approximate surface area is 111 Å². The van der Waals surface area contributed by atoms with E-state index in [9.17, 15) is 4.79 Å². The molecule has 1 unspecified atom stereocenters. The normalized spacial score (nSPS) is 17.4. The number of rotatable bonds is 2. The maximum atomic E-state index is 11.2. The maximum Gasteiger partial charge on any atom is 0.149 e. The van der Waals surface area contributed by atoms with Crippen molar-refractivity contribution in [2.45, 2.75) is 13.0 Å². The molecule has 2 heterocycles. The Kier molecular flexibility index (Phi) is 2.67. The SMILES string of the molecule is Cc1ccc(C2=NC(C=O)c3cnn(C)c3N2)cc1. The summed E-state index contributed by atoms with van der Waals surface area (Å²) < 4.78 is 1.72. The molecule has 5 heteroatoms. The van der Waals surface area contributed by atoms with Crippen LogP contribution in [0.5, 0.6) is 0 Å². The highest BCUT2D eigenvalue weighted by Gasteiger charge is 2.24. The summed E-state index contributed by atoms with van der Waals surface area (Å²) in [5.74, 6) is 1.52. The molecule has 1 N–H and O–H groups in total. The number of nitrogens with zero attached hydrogens (tertiary/aromatic N) is 3. The highest BCUT2D eigenvalue weighted by atomic mass is 16.1. The second-order valence-electron chi connectivity index (χ2n) is 4.62. The Morgan fingerprint density at radius 2 is 2.05 bits per heavy atom. The summed E-state index contributed by atoms with van der Waals surface area (Å²) in [5, 5.41) is 7.40. The van der Waals surface area contributed by atoms with Crippen LogP contribution in [0.2, 0.25) is 0 Å². The van der Waals surface area contributed by atoms with Crippen LogP contribution in [0.25, 0.3) is 0 Å². The Morgan fingerprint density at radius 3 is 2.74 bits per heavy atom. The maximum absolute atomic E-state index is 11.2. The van der Waals surface area contributed by atoms with Gasteiger partial charge in [-0.15, -0.1) is 0 Å². The Hall–Kier alpha value is -2.43. The van der Waals surface area contributed by atoms with E-state index in [-0.39, 0.29) is 0 Å². The summed E-state index contributed by atoms with van der Waals surface area (Å²) in [6.45, 7) is 2.04. The number of aryl methyl sites for hydroxylation is 2. The van der Waals surface area contributed by atoms with Crippen molar-refractivity contribution in [3.05, 3.63) is 47.2 Å². The molecule has 0 fully saturated rings. The van der Waals surface area contributed by atoms with E-state index in [1.165, 1.54) is 5.56 Å². The number of nitrogens with one attached hydrogen (secondary N) is 1. The summed E-state index contributed by atoms with van der Waals surface area (Å²) in [6.07, 6.45) is 2.52. The molecule has 96 valence electrons. The molecule has 0 radical (unpaired) electrons. The number of benzene rings is 1. The van der Waals surface area contributed by atoms with Gasteiger partial charge in [-0.1, -0.05) is 29.8 Å². The number of aromatic nitrogens is 2. The minimum atomic E-state index is -0.485. The molecular weight excluding hydrogens is 240 g/mol. The van der Waals surface area contributed by atoms with Gasteiger partial charge in [-0.3, -0.25) is 9.67 Å². The molecule has 19 heavy (non-hydrogen) atoms. The van der Waals surface area contributed by atoms with Gasteiger partial charge in [0.15, 0.2) is 0 Å². The number of aliphatic imine (C=N–C) groups is 1. The predicted octanol–water partition coefficient (Wildman–Crippen LogP) is 1.84. The van der Waals surface area contributed by atoms with E-state index in [2.05, 4.69) is 15.4 Å². The molecule has 1 aromatic heterocycles. The van der Waals surface area contributed by atoms with Crippen molar-refractivity contribution >= 4 is 17.9 Å². The molecule has 5 nitrogen and oxygen atoms in total. The highest BCUT2D eigenvalue weighted by Crippen LogP contribution is 2.29. The van der Waals surface area contributed by atoms with E-state index in [4.69, 9.17) is 0 Å². The molecule has 0 bridgehead atoms. The van der Waals surface area contributed by atoms with Crippen LogP contribution in [0, 0.1) is 6.92 Å². The van der Waals surface area contributed by atoms with Crippen LogP contribution in [0.4, 0.5) is 5.82 Å². The summed E-state index contributed by atoms with van der Waals surface area (Å²) in [5.41, 5.74) is 2.96. The third-order valence-corrected chi connectivity index (χ3v) is 3.24. The summed E-state index contributed by atoms with van der Waals surface area (Å²) in [4.78, 5) is 15.6. The molecule has 3 rings (SSSR count). The molecule has 1 aliphatic heterocycles. The van der Waals surface area contributed by atoms with Crippen LogP contribution in [0.15, 0.2) is 35.5 Å². The van der Waals surface area contributed by atoms with Gasteiger partial charge in [-0.2, -0.15) is 5.10 Å². The fraction of sp³-hybridized carbons (Fsp3) is 0.214. The monoisotopic (exact) mass is 254 g/mol. The van der Waals surface area contributed by atoms with Crippen molar-refractivity contribution in [3.8, 4) is 0 Å². The van der Waals surface area contributed by atoms with E-state index in [0.717, 1.165) is 23.2 Å². The van der Waals surface area contributed by atoms with E-state index in [1.807, 2.05) is 38.2 Å². The molecule has 0 saturated heterocycles. The van der Waals surface area contributed by atoms with Crippen LogP contribution < -0.4 is 5.32 Å². The van der Waals surface area contributed by atoms with Gasteiger partial charge >= 0.3 is 0 Å². The quantitative estimate of drug-likeness (QED) is 0.832. The largest absolute Gasteiger partial charge is 0.325 e. The second-order valence-corrected chi connectivity index (χ2v) is 4.62. The van der Waals surface area contributed by atoms with Crippen LogP contribution in [0.1, 0.15) is 22.7 Å². The lowest BCUT2D eigenvalue weighted by Crippen LogP contribution is -2.23. The third-order valence-electron chi connectivity index (χ3n) is 3.24. The molecular formula is C14H14N4O. The molecule has 1 atom stereocenters. The van der Waals surface area contributed by atoms with E-state index < -0.39 is 6.04 Å². The van der Waals surface area contributed by atoms with E-state index in [1.54, 1.807) is 10.9 Å². The first-order valence-electron chi connectivity index (χ1n) is 6.08. The minimum Gasteiger partial charge on any atom is -0.325 e. The van der Waals surface area contributed by atoms with Gasteiger partial charge < -0.3 is 10.1 Å². The van der Waals surface area contributed by atoms with Crippen LogP contribution in [0.3, 0.4) is 0 Å². The van der Waals surface area contributed by atoms with Crippen LogP contribution >= 0.6 is 0 Å². The molecule has 1 aliphatic rings. The summed E-state index contributed by atoms with van der Waals surface area (Å²) in [6, 6.07) is 7.54. The smallest absolute Gasteiger partial charge is 0.149 e. The Morgan fingerprint density at radius 1 is 1.32 bits per heavy atom. The predicted molar refractivity (Wildman–Crippen MR) is 73.4 cm³/mol. The fourth-order valence-corrected chi connectivity index (χ4v) is 2.14. The molecule has 0 aliphatic carbocycles. The van der Waals surface area contributed by atoms with Gasteiger partial charge in [0, 0.05) is 18.2 Å². The summed E-state index contributed by atoms with van der Waals surface area (Å²) in [7, 11) is 1.84. The lowest BCUT2D eigenvalue weighted by Gasteiger charge is -2.20. The molecule has 2 aromatic rings. The lowest BCUT2D eigenvalue weighted by molar-refractivity contribution is -0.108. The third kappa shape index (κ3) is 1.93. The van der Waals surface area contributed by atoms with E-state index in [0.29, 0.717) is 5.84 Å². The van der Waals surface area contributed by atoms with Gasteiger partial charge in [-0.25, -0.2) is 0 Å². The first-order valence-corrected chi connectivity index (χ1v) is 6.08. The van der Waals surface area contributed by atoms with Gasteiger partial charge in [0.05, 0.1) is 6.20 Å². The number of carbonyl (C=O) groups is 1. The van der Waals surface area contributed by atoms with Crippen LogP contribution in [-0.2, 0) is 11.8 Å². The van der Waals surface area contributed by atoms with E-state index >= 15 is 0 Å². The van der Waals surface area contributed by atoms with Gasteiger partial charge in [0.25, 0.3) is 0 Å². The number of hydrogen-bond acceptors (Lipinski definition) is 4. The number of carbonyl (C=O) groups excluding carboxylic acids is 1. The van der Waals surface area contributed by atoms with Crippen molar-refractivity contribution in [1.29, 1.82) is 0 Å². The zero-order valence-electron chi connectivity index (χ0n) is 10.8. The second kappa shape index (κ2) is 4.35. The molecule has 0 spiro atoms. The van der Waals surface area contributed by atoms with Gasteiger partial charge in [0.1, 0.15) is 24.0 Å². The number of hydrogen-bond donors (Lipinski definition) is 1. The van der Waals surface area contributed by atoms with Crippen LogP contribution in [-0.4, -0.2) is 21.9 Å². The average molecular weight is 254 g/mol. The number of anilines is 1. The zero-order valence-corrected chi connectivity index (χ0v) is 10.8. The standard InChI is InChI=1S/C14H14N4O/c1-9-3-5-10(6-4-9)13-16-12(8-19)11-7-15-18(2)14(11)17-13/h3-8,12H,1-2H3,(H,16,17). The number of aldehydes is 1. The number of amidine groups is 1. The molecule has 1 aromatic carbocycles. The van der Waals surface area contributed by atoms with Gasteiger partial charge in [0.2, 0.25) is 0 Å². The van der Waals surface area contributed by atoms with Crippen molar-refractivity contribution < 1.29 is 4.79 Å². The number of fused-ring (bicyclic) bond motifs is 1. The fourth-order valence-electron chi connectivity index (χ4n) is 2.14. The zero-order chi connectivity index (χ0) is 13.4. The average Bonchev–Trinajstić information content (AvgIpc) is 2.80. The van der Waals surface area contributed by atoms with Gasteiger partial charge in [-0.05, 0) is 6.92 Å². The first-order chi connectivity index (χ1) is 9.19. The Bertz CT molecular complexity index is 655. The molecule has 0 saturated carbocycles. The van der Waals surface area contributed by atoms with Crippen molar-refractivity contribution in [2.24, 2.45) is 12.0 Å². The van der Waals surface area contributed by atoms with Crippen molar-refractivity contribution in [1.82, 2.24) is 9.78 Å². The summed E-state index contributed by atoms with van der Waals surface area (Å²) >= 11 is 0.